The monoisotopic (exact) mass is 533 g/mol. The van der Waals surface area contributed by atoms with Crippen molar-refractivity contribution in [3.8, 4) is 0 Å². The summed E-state index contributed by atoms with van der Waals surface area (Å²) in [7, 11) is 0. The van der Waals surface area contributed by atoms with Crippen molar-refractivity contribution in [3.63, 3.8) is 0 Å². The minimum Gasteiger partial charge on any atom is -0.462 e. The molecule has 5 rings (SSSR count). The molecule has 4 aromatic rings. The maximum atomic E-state index is 13.4. The predicted molar refractivity (Wildman–Crippen MR) is 165 cm³/mol. The van der Waals surface area contributed by atoms with Crippen LogP contribution in [-0.4, -0.2) is 18.1 Å². The molecular formula is C37H43NO2. The van der Waals surface area contributed by atoms with Gasteiger partial charge >= 0.3 is 5.97 Å². The number of esters is 1. The summed E-state index contributed by atoms with van der Waals surface area (Å²) in [5.74, 6) is 0.717. The van der Waals surface area contributed by atoms with E-state index < -0.39 is 0 Å². The zero-order valence-electron chi connectivity index (χ0n) is 24.3. The third kappa shape index (κ3) is 6.47. The minimum absolute atomic E-state index is 0.0134. The fourth-order valence-electron chi connectivity index (χ4n) is 6.57. The Morgan fingerprint density at radius 1 is 0.850 bits per heavy atom. The average molecular weight is 534 g/mol. The van der Waals surface area contributed by atoms with Gasteiger partial charge in [0, 0.05) is 12.0 Å². The first-order chi connectivity index (χ1) is 19.3. The van der Waals surface area contributed by atoms with Gasteiger partial charge < -0.3 is 10.1 Å². The van der Waals surface area contributed by atoms with E-state index in [0.717, 1.165) is 12.8 Å². The lowest BCUT2D eigenvalue weighted by molar-refractivity contribution is -0.157. The molecule has 1 N–H and O–H groups in total. The highest BCUT2D eigenvalue weighted by Gasteiger charge is 2.42. The number of hydrogen-bond acceptors (Lipinski definition) is 3. The Kier molecular flexibility index (Phi) is 8.71. The number of nitrogens with one attached hydrogen (secondary N) is 1. The molecule has 1 aliphatic carbocycles. The molecule has 0 aromatic heterocycles. The molecule has 40 heavy (non-hydrogen) atoms. The second-order valence-corrected chi connectivity index (χ2v) is 12.4. The van der Waals surface area contributed by atoms with E-state index in [2.05, 4.69) is 124 Å². The maximum absolute atomic E-state index is 13.4. The Morgan fingerprint density at radius 3 is 2.10 bits per heavy atom. The van der Waals surface area contributed by atoms with Gasteiger partial charge in [-0.3, -0.25) is 4.79 Å². The van der Waals surface area contributed by atoms with E-state index in [0.29, 0.717) is 12.3 Å². The molecule has 0 spiro atoms. The Balaban J connectivity index is 1.29. The van der Waals surface area contributed by atoms with Gasteiger partial charge in [0.1, 0.15) is 6.10 Å². The molecule has 0 saturated heterocycles. The van der Waals surface area contributed by atoms with Crippen molar-refractivity contribution in [2.75, 3.05) is 0 Å². The normalized spacial score (nSPS) is 20.4. The van der Waals surface area contributed by atoms with Crippen molar-refractivity contribution in [2.45, 2.75) is 77.0 Å². The van der Waals surface area contributed by atoms with Gasteiger partial charge in [0.05, 0.1) is 12.5 Å². The van der Waals surface area contributed by atoms with Gasteiger partial charge in [0.25, 0.3) is 0 Å². The fraction of sp³-hybridized carbons (Fsp3) is 0.378. The van der Waals surface area contributed by atoms with Gasteiger partial charge in [0.15, 0.2) is 0 Å². The van der Waals surface area contributed by atoms with E-state index in [1.807, 2.05) is 12.1 Å². The molecule has 3 nitrogen and oxygen atoms in total. The molecule has 0 heterocycles. The topological polar surface area (TPSA) is 38.3 Å². The summed E-state index contributed by atoms with van der Waals surface area (Å²) in [5, 5.41) is 6.23. The van der Waals surface area contributed by atoms with Gasteiger partial charge in [-0.25, -0.2) is 0 Å². The van der Waals surface area contributed by atoms with Crippen LogP contribution in [0.5, 0.6) is 0 Å². The lowest BCUT2D eigenvalue weighted by atomic mass is 9.64. The van der Waals surface area contributed by atoms with Crippen LogP contribution in [0.3, 0.4) is 0 Å². The zero-order chi connectivity index (χ0) is 28.1. The van der Waals surface area contributed by atoms with Crippen LogP contribution in [0.25, 0.3) is 10.8 Å². The molecule has 1 saturated carbocycles. The van der Waals surface area contributed by atoms with E-state index in [-0.39, 0.29) is 35.5 Å². The van der Waals surface area contributed by atoms with Crippen molar-refractivity contribution < 1.29 is 9.53 Å². The van der Waals surface area contributed by atoms with Crippen LogP contribution in [0.2, 0.25) is 0 Å². The van der Waals surface area contributed by atoms with E-state index in [4.69, 9.17) is 4.74 Å². The van der Waals surface area contributed by atoms with Crippen LogP contribution >= 0.6 is 0 Å². The average Bonchev–Trinajstić information content (AvgIpc) is 2.96. The van der Waals surface area contributed by atoms with Crippen molar-refractivity contribution in [1.82, 2.24) is 5.32 Å². The number of ether oxygens (including phenoxy) is 1. The summed E-state index contributed by atoms with van der Waals surface area (Å²) in [5.41, 5.74) is 3.58. The number of carbonyl (C=O) groups excluding carboxylic acids is 1. The largest absolute Gasteiger partial charge is 0.462 e. The summed E-state index contributed by atoms with van der Waals surface area (Å²) < 4.78 is 6.35. The summed E-state index contributed by atoms with van der Waals surface area (Å²) in [6, 6.07) is 36.2. The molecule has 4 atom stereocenters. The van der Waals surface area contributed by atoms with Crippen LogP contribution in [0, 0.1) is 11.8 Å². The van der Waals surface area contributed by atoms with Crippen molar-refractivity contribution in [2.24, 2.45) is 11.8 Å². The molecule has 208 valence electrons. The highest BCUT2D eigenvalue weighted by molar-refractivity contribution is 5.83. The quantitative estimate of drug-likeness (QED) is 0.219. The van der Waals surface area contributed by atoms with E-state index >= 15 is 0 Å². The van der Waals surface area contributed by atoms with Crippen LogP contribution in [-0.2, 0) is 14.9 Å². The molecular weight excluding hydrogens is 490 g/mol. The number of benzene rings is 4. The van der Waals surface area contributed by atoms with Crippen LogP contribution in [0.15, 0.2) is 103 Å². The highest BCUT2D eigenvalue weighted by Crippen LogP contribution is 2.44. The van der Waals surface area contributed by atoms with Gasteiger partial charge in [-0.05, 0) is 58.6 Å². The molecule has 1 aliphatic rings. The summed E-state index contributed by atoms with van der Waals surface area (Å²) in [4.78, 5) is 13.4. The first kappa shape index (κ1) is 28.1. The number of carbonyl (C=O) groups is 1. The number of rotatable bonds is 9. The van der Waals surface area contributed by atoms with Crippen molar-refractivity contribution in [1.29, 1.82) is 0 Å². The summed E-state index contributed by atoms with van der Waals surface area (Å²) in [6.07, 6.45) is 3.42. The molecule has 0 radical (unpaired) electrons. The Labute approximate surface area is 240 Å². The molecule has 3 heteroatoms. The molecule has 4 aromatic carbocycles. The summed E-state index contributed by atoms with van der Waals surface area (Å²) in [6.45, 7) is 9.02. The number of fused-ring (bicyclic) bond motifs is 1. The van der Waals surface area contributed by atoms with Crippen LogP contribution in [0.1, 0.15) is 76.1 Å². The first-order valence-electron chi connectivity index (χ1n) is 14.9. The Morgan fingerprint density at radius 2 is 1.45 bits per heavy atom. The molecule has 0 bridgehead atoms. The minimum atomic E-state index is -0.113. The van der Waals surface area contributed by atoms with Gasteiger partial charge in [0.2, 0.25) is 0 Å². The molecule has 0 amide bonds. The molecule has 1 fully saturated rings. The Bertz CT molecular complexity index is 1360. The zero-order valence-corrected chi connectivity index (χ0v) is 24.3. The van der Waals surface area contributed by atoms with E-state index in [9.17, 15) is 4.79 Å². The molecule has 0 aliphatic heterocycles. The predicted octanol–water partition coefficient (Wildman–Crippen LogP) is 8.62. The van der Waals surface area contributed by atoms with Gasteiger partial charge in [-0.2, -0.15) is 0 Å². The third-order valence-corrected chi connectivity index (χ3v) is 8.95. The SMILES string of the molecule is C[C@@H]1CC[C@@H](C(C)(C)c2ccc3ccccc3c2)[C@H](OC(=O)C[C@@H](C)NC(c2ccccc2)c2ccccc2)C1. The highest BCUT2D eigenvalue weighted by atomic mass is 16.5. The lowest BCUT2D eigenvalue weighted by Gasteiger charge is -2.44. The summed E-state index contributed by atoms with van der Waals surface area (Å²) >= 11 is 0. The van der Waals surface area contributed by atoms with Crippen molar-refractivity contribution >= 4 is 16.7 Å². The number of hydrogen-bond donors (Lipinski definition) is 1. The second-order valence-electron chi connectivity index (χ2n) is 12.4. The van der Waals surface area contributed by atoms with Gasteiger partial charge in [-0.15, -0.1) is 0 Å². The maximum Gasteiger partial charge on any atom is 0.307 e. The van der Waals surface area contributed by atoms with Gasteiger partial charge in [-0.1, -0.05) is 130 Å². The van der Waals surface area contributed by atoms with Crippen LogP contribution in [0.4, 0.5) is 0 Å². The molecule has 0 unspecified atom stereocenters. The standard InChI is InChI=1S/C37H43NO2/c1-26-19-22-33(37(3,4)32-21-20-28-13-11-12-18-31(28)25-32)34(23-26)40-35(39)24-27(2)38-36(29-14-7-5-8-15-29)30-16-9-6-10-17-30/h5-18,20-21,25-27,33-34,36,38H,19,22-24H2,1-4H3/t26-,27-,33-,34-/m1/s1. The van der Waals surface area contributed by atoms with Crippen molar-refractivity contribution in [3.05, 3.63) is 120 Å². The van der Waals surface area contributed by atoms with Crippen LogP contribution < -0.4 is 5.32 Å². The smallest absolute Gasteiger partial charge is 0.307 e. The first-order valence-corrected chi connectivity index (χ1v) is 14.9. The third-order valence-electron chi connectivity index (χ3n) is 8.95. The Hall–Kier alpha value is -3.43. The van der Waals surface area contributed by atoms with E-state index in [1.165, 1.54) is 33.9 Å². The lowest BCUT2D eigenvalue weighted by Crippen LogP contribution is -2.44. The van der Waals surface area contributed by atoms with E-state index in [1.54, 1.807) is 0 Å². The fourth-order valence-corrected chi connectivity index (χ4v) is 6.57. The second kappa shape index (κ2) is 12.4.